The van der Waals surface area contributed by atoms with E-state index in [4.69, 9.17) is 5.26 Å². The standard InChI is InChI=1S/C14H15F2NO2/c15-14(16)19-13-4-3-11(6-12(13)8-18)10-2-1-9(5-10)7-17/h3-4,6,9-10,14,18H,1-2,5,8H2. The summed E-state index contributed by atoms with van der Waals surface area (Å²) in [4.78, 5) is 0. The van der Waals surface area contributed by atoms with E-state index in [9.17, 15) is 13.9 Å². The van der Waals surface area contributed by atoms with Gasteiger partial charge in [-0.05, 0) is 42.9 Å². The Morgan fingerprint density at radius 1 is 1.42 bits per heavy atom. The summed E-state index contributed by atoms with van der Waals surface area (Å²) in [6.07, 6.45) is 2.57. The van der Waals surface area contributed by atoms with Crippen LogP contribution in [0.2, 0.25) is 0 Å². The van der Waals surface area contributed by atoms with Crippen molar-refractivity contribution in [1.82, 2.24) is 0 Å². The molecule has 0 heterocycles. The summed E-state index contributed by atoms with van der Waals surface area (Å²) in [5, 5.41) is 18.1. The first-order chi connectivity index (χ1) is 9.13. The summed E-state index contributed by atoms with van der Waals surface area (Å²) < 4.78 is 28.7. The third-order valence-corrected chi connectivity index (χ3v) is 3.56. The van der Waals surface area contributed by atoms with Gasteiger partial charge in [-0.1, -0.05) is 6.07 Å². The number of hydrogen-bond acceptors (Lipinski definition) is 3. The van der Waals surface area contributed by atoms with Gasteiger partial charge in [0.25, 0.3) is 0 Å². The number of ether oxygens (including phenoxy) is 1. The summed E-state index contributed by atoms with van der Waals surface area (Å²) >= 11 is 0. The SMILES string of the molecule is N#CC1CCC(c2ccc(OC(F)F)c(CO)c2)C1. The number of halogens is 2. The Hall–Kier alpha value is -1.67. The molecule has 0 saturated heterocycles. The third-order valence-electron chi connectivity index (χ3n) is 3.56. The van der Waals surface area contributed by atoms with E-state index in [1.165, 1.54) is 6.07 Å². The number of alkyl halides is 2. The Bertz CT molecular complexity index is 485. The van der Waals surface area contributed by atoms with E-state index in [0.717, 1.165) is 24.8 Å². The minimum Gasteiger partial charge on any atom is -0.434 e. The topological polar surface area (TPSA) is 53.2 Å². The molecule has 3 nitrogen and oxygen atoms in total. The lowest BCUT2D eigenvalue weighted by Crippen LogP contribution is -2.05. The summed E-state index contributed by atoms with van der Waals surface area (Å²) in [6.45, 7) is -3.24. The van der Waals surface area contributed by atoms with Crippen molar-refractivity contribution in [1.29, 1.82) is 5.26 Å². The number of nitrogens with zero attached hydrogens (tertiary/aromatic N) is 1. The van der Waals surface area contributed by atoms with E-state index in [0.29, 0.717) is 5.56 Å². The Balaban J connectivity index is 2.18. The molecule has 5 heteroatoms. The molecule has 1 aliphatic carbocycles. The summed E-state index contributed by atoms with van der Waals surface area (Å²) in [7, 11) is 0. The Morgan fingerprint density at radius 3 is 2.79 bits per heavy atom. The van der Waals surface area contributed by atoms with E-state index in [-0.39, 0.29) is 24.2 Å². The quantitative estimate of drug-likeness (QED) is 0.911. The van der Waals surface area contributed by atoms with Crippen LogP contribution in [0.15, 0.2) is 18.2 Å². The minimum absolute atomic E-state index is 0.0103. The molecule has 2 rings (SSSR count). The van der Waals surface area contributed by atoms with Crippen LogP contribution in [-0.2, 0) is 6.61 Å². The fraction of sp³-hybridized carbons (Fsp3) is 0.500. The highest BCUT2D eigenvalue weighted by molar-refractivity contribution is 5.38. The van der Waals surface area contributed by atoms with Crippen LogP contribution in [0.3, 0.4) is 0 Å². The number of aliphatic hydroxyl groups is 1. The van der Waals surface area contributed by atoms with Crippen molar-refractivity contribution in [3.8, 4) is 11.8 Å². The fourth-order valence-corrected chi connectivity index (χ4v) is 2.59. The first kappa shape index (κ1) is 13.8. The maximum absolute atomic E-state index is 12.2. The van der Waals surface area contributed by atoms with Gasteiger partial charge in [-0.2, -0.15) is 14.0 Å². The molecule has 1 N–H and O–H groups in total. The Morgan fingerprint density at radius 2 is 2.21 bits per heavy atom. The predicted octanol–water partition coefficient (Wildman–Crippen LogP) is 3.19. The van der Waals surface area contributed by atoms with E-state index in [1.54, 1.807) is 12.1 Å². The van der Waals surface area contributed by atoms with Gasteiger partial charge in [0, 0.05) is 11.5 Å². The van der Waals surface area contributed by atoms with Gasteiger partial charge in [0.15, 0.2) is 0 Å². The molecule has 1 aromatic rings. The highest BCUT2D eigenvalue weighted by Crippen LogP contribution is 2.39. The van der Waals surface area contributed by atoms with Crippen LogP contribution in [0.1, 0.15) is 36.3 Å². The minimum atomic E-state index is -2.90. The zero-order valence-corrected chi connectivity index (χ0v) is 10.4. The van der Waals surface area contributed by atoms with Crippen molar-refractivity contribution in [3.63, 3.8) is 0 Å². The fourth-order valence-electron chi connectivity index (χ4n) is 2.59. The summed E-state index contributed by atoms with van der Waals surface area (Å²) in [5.74, 6) is 0.339. The monoisotopic (exact) mass is 267 g/mol. The molecule has 1 fully saturated rings. The second kappa shape index (κ2) is 5.98. The molecule has 1 aromatic carbocycles. The molecule has 1 aliphatic rings. The zero-order chi connectivity index (χ0) is 13.8. The number of nitriles is 1. The Labute approximate surface area is 110 Å². The van der Waals surface area contributed by atoms with Crippen molar-refractivity contribution in [2.75, 3.05) is 0 Å². The lowest BCUT2D eigenvalue weighted by Gasteiger charge is -2.14. The van der Waals surface area contributed by atoms with Gasteiger partial charge in [0.2, 0.25) is 0 Å². The molecular formula is C14H15F2NO2. The lowest BCUT2D eigenvalue weighted by atomic mass is 9.95. The van der Waals surface area contributed by atoms with Gasteiger partial charge in [0.1, 0.15) is 5.75 Å². The van der Waals surface area contributed by atoms with Gasteiger partial charge in [0.05, 0.1) is 12.7 Å². The molecule has 2 unspecified atom stereocenters. The van der Waals surface area contributed by atoms with Crippen molar-refractivity contribution in [2.45, 2.75) is 38.4 Å². The summed E-state index contributed by atoms with van der Waals surface area (Å²) in [5.41, 5.74) is 1.33. The first-order valence-corrected chi connectivity index (χ1v) is 6.22. The smallest absolute Gasteiger partial charge is 0.387 e. The number of benzene rings is 1. The second-order valence-corrected chi connectivity index (χ2v) is 4.74. The van der Waals surface area contributed by atoms with Crippen LogP contribution in [0.5, 0.6) is 5.75 Å². The van der Waals surface area contributed by atoms with Crippen LogP contribution in [0, 0.1) is 17.2 Å². The van der Waals surface area contributed by atoms with Crippen LogP contribution in [0.25, 0.3) is 0 Å². The average molecular weight is 267 g/mol. The molecule has 0 radical (unpaired) electrons. The van der Waals surface area contributed by atoms with Crippen molar-refractivity contribution < 1.29 is 18.6 Å². The van der Waals surface area contributed by atoms with E-state index >= 15 is 0 Å². The molecule has 0 bridgehead atoms. The maximum atomic E-state index is 12.2. The maximum Gasteiger partial charge on any atom is 0.387 e. The molecule has 102 valence electrons. The van der Waals surface area contributed by atoms with Crippen molar-refractivity contribution in [2.24, 2.45) is 5.92 Å². The number of hydrogen-bond donors (Lipinski definition) is 1. The highest BCUT2D eigenvalue weighted by Gasteiger charge is 2.26. The first-order valence-electron chi connectivity index (χ1n) is 6.22. The predicted molar refractivity (Wildman–Crippen MR) is 64.7 cm³/mol. The van der Waals surface area contributed by atoms with Crippen LogP contribution in [0.4, 0.5) is 8.78 Å². The Kier molecular flexibility index (Phi) is 4.33. The highest BCUT2D eigenvalue weighted by atomic mass is 19.3. The lowest BCUT2D eigenvalue weighted by molar-refractivity contribution is -0.0509. The normalized spacial score (nSPS) is 22.5. The van der Waals surface area contributed by atoms with Gasteiger partial charge in [-0.3, -0.25) is 0 Å². The molecular weight excluding hydrogens is 252 g/mol. The molecule has 19 heavy (non-hydrogen) atoms. The van der Waals surface area contributed by atoms with Crippen LogP contribution >= 0.6 is 0 Å². The molecule has 0 aliphatic heterocycles. The van der Waals surface area contributed by atoms with E-state index < -0.39 is 6.61 Å². The van der Waals surface area contributed by atoms with Crippen LogP contribution in [-0.4, -0.2) is 11.7 Å². The zero-order valence-electron chi connectivity index (χ0n) is 10.4. The van der Waals surface area contributed by atoms with Crippen molar-refractivity contribution >= 4 is 0 Å². The second-order valence-electron chi connectivity index (χ2n) is 4.74. The van der Waals surface area contributed by atoms with Gasteiger partial charge in [-0.15, -0.1) is 0 Å². The van der Waals surface area contributed by atoms with Gasteiger partial charge >= 0.3 is 6.61 Å². The third kappa shape index (κ3) is 3.21. The van der Waals surface area contributed by atoms with E-state index in [1.807, 2.05) is 0 Å². The molecule has 0 amide bonds. The van der Waals surface area contributed by atoms with Crippen LogP contribution < -0.4 is 4.74 Å². The molecule has 0 aromatic heterocycles. The van der Waals surface area contributed by atoms with E-state index in [2.05, 4.69) is 10.8 Å². The average Bonchev–Trinajstić information content (AvgIpc) is 2.87. The van der Waals surface area contributed by atoms with Gasteiger partial charge < -0.3 is 9.84 Å². The van der Waals surface area contributed by atoms with Gasteiger partial charge in [-0.25, -0.2) is 0 Å². The largest absolute Gasteiger partial charge is 0.434 e. The van der Waals surface area contributed by atoms with Crippen molar-refractivity contribution in [3.05, 3.63) is 29.3 Å². The number of aliphatic hydroxyl groups excluding tert-OH is 1. The molecule has 0 spiro atoms. The molecule has 1 saturated carbocycles. The summed E-state index contributed by atoms with van der Waals surface area (Å²) in [6, 6.07) is 7.16. The molecule has 2 atom stereocenters. The number of rotatable bonds is 4.